The van der Waals surface area contributed by atoms with Gasteiger partial charge in [-0.05, 0) is 43.8 Å². The second kappa shape index (κ2) is 6.13. The number of nitrogens with zero attached hydrogens (tertiary/aromatic N) is 2. The van der Waals surface area contributed by atoms with Crippen LogP contribution in [0.3, 0.4) is 0 Å². The zero-order valence-electron chi connectivity index (χ0n) is 11.0. The third kappa shape index (κ3) is 3.52. The van der Waals surface area contributed by atoms with Crippen LogP contribution in [0.1, 0.15) is 24.2 Å². The van der Waals surface area contributed by atoms with Gasteiger partial charge in [0.25, 0.3) is 0 Å². The average molecular weight is 279 g/mol. The van der Waals surface area contributed by atoms with E-state index in [1.54, 1.807) is 12.3 Å². The molecular weight excluding hydrogens is 263 g/mol. The lowest BCUT2D eigenvalue weighted by molar-refractivity contribution is 0.248. The van der Waals surface area contributed by atoms with Crippen LogP contribution < -0.4 is 0 Å². The van der Waals surface area contributed by atoms with Crippen LogP contribution in [-0.4, -0.2) is 16.9 Å². The zero-order valence-corrected chi connectivity index (χ0v) is 11.7. The average Bonchev–Trinajstić information content (AvgIpc) is 2.42. The van der Waals surface area contributed by atoms with E-state index in [0.717, 1.165) is 11.3 Å². The molecule has 0 bridgehead atoms. The molecule has 0 radical (unpaired) electrons. The molecule has 0 unspecified atom stereocenters. The van der Waals surface area contributed by atoms with Crippen molar-refractivity contribution in [3.8, 4) is 0 Å². The number of hydrogen-bond donors (Lipinski definition) is 0. The highest BCUT2D eigenvalue weighted by Crippen LogP contribution is 2.23. The Labute approximate surface area is 117 Å². The van der Waals surface area contributed by atoms with Crippen molar-refractivity contribution in [1.82, 2.24) is 9.88 Å². The van der Waals surface area contributed by atoms with E-state index in [2.05, 4.69) is 16.8 Å². The first-order valence-corrected chi connectivity index (χ1v) is 6.51. The second-order valence-electron chi connectivity index (χ2n) is 4.58. The van der Waals surface area contributed by atoms with Gasteiger partial charge in [-0.3, -0.25) is 9.88 Å². The summed E-state index contributed by atoms with van der Waals surface area (Å²) in [5.74, 6) is -0.311. The van der Waals surface area contributed by atoms with Crippen LogP contribution in [0.15, 0.2) is 42.6 Å². The molecular formula is C15H16ClFN2. The minimum Gasteiger partial charge on any atom is -0.294 e. The highest BCUT2D eigenvalue weighted by Gasteiger charge is 2.14. The topological polar surface area (TPSA) is 16.1 Å². The highest BCUT2D eigenvalue weighted by molar-refractivity contribution is 6.31. The molecule has 1 aromatic carbocycles. The first kappa shape index (κ1) is 14.0. The number of pyridine rings is 1. The lowest BCUT2D eigenvalue weighted by atomic mass is 10.1. The summed E-state index contributed by atoms with van der Waals surface area (Å²) >= 11 is 6.04. The molecule has 0 aliphatic rings. The van der Waals surface area contributed by atoms with E-state index >= 15 is 0 Å². The lowest BCUT2D eigenvalue weighted by Gasteiger charge is -2.24. The highest BCUT2D eigenvalue weighted by atomic mass is 35.5. The predicted octanol–water partition coefficient (Wildman–Crippen LogP) is 4.07. The van der Waals surface area contributed by atoms with Crippen molar-refractivity contribution in [3.05, 3.63) is 64.7 Å². The van der Waals surface area contributed by atoms with Crippen LogP contribution in [-0.2, 0) is 6.54 Å². The molecule has 0 aliphatic carbocycles. The van der Waals surface area contributed by atoms with Crippen molar-refractivity contribution >= 4 is 11.6 Å². The van der Waals surface area contributed by atoms with Gasteiger partial charge >= 0.3 is 0 Å². The molecule has 2 aromatic rings. The molecule has 2 nitrogen and oxygen atoms in total. The minimum absolute atomic E-state index is 0.169. The van der Waals surface area contributed by atoms with Gasteiger partial charge in [0.05, 0.1) is 5.69 Å². The summed E-state index contributed by atoms with van der Waals surface area (Å²) in [7, 11) is 2.00. The van der Waals surface area contributed by atoms with Gasteiger partial charge in [-0.15, -0.1) is 0 Å². The fourth-order valence-corrected chi connectivity index (χ4v) is 2.13. The fourth-order valence-electron chi connectivity index (χ4n) is 1.90. The minimum atomic E-state index is -0.311. The summed E-state index contributed by atoms with van der Waals surface area (Å²) in [6.07, 6.45) is 1.78. The second-order valence-corrected chi connectivity index (χ2v) is 4.99. The van der Waals surface area contributed by atoms with Gasteiger partial charge in [0.2, 0.25) is 0 Å². The molecule has 1 atom stereocenters. The molecule has 0 saturated heterocycles. The van der Waals surface area contributed by atoms with E-state index in [9.17, 15) is 4.39 Å². The molecule has 0 spiro atoms. The normalized spacial score (nSPS) is 12.7. The Kier molecular flexibility index (Phi) is 4.51. The van der Waals surface area contributed by atoms with Crippen LogP contribution >= 0.6 is 11.6 Å². The molecule has 0 saturated carbocycles. The molecule has 100 valence electrons. The quantitative estimate of drug-likeness (QED) is 0.838. The van der Waals surface area contributed by atoms with Gasteiger partial charge < -0.3 is 0 Å². The van der Waals surface area contributed by atoms with E-state index in [0.29, 0.717) is 11.6 Å². The van der Waals surface area contributed by atoms with E-state index < -0.39 is 0 Å². The molecule has 19 heavy (non-hydrogen) atoms. The molecule has 4 heteroatoms. The monoisotopic (exact) mass is 278 g/mol. The third-order valence-corrected chi connectivity index (χ3v) is 3.56. The van der Waals surface area contributed by atoms with Crippen molar-refractivity contribution < 1.29 is 4.39 Å². The summed E-state index contributed by atoms with van der Waals surface area (Å²) in [6.45, 7) is 2.73. The largest absolute Gasteiger partial charge is 0.294 e. The van der Waals surface area contributed by atoms with Crippen molar-refractivity contribution in [2.24, 2.45) is 0 Å². The Morgan fingerprint density at radius 3 is 2.74 bits per heavy atom. The first-order valence-electron chi connectivity index (χ1n) is 6.13. The SMILES string of the molecule is C[C@@H](c1ccccn1)N(C)Cc1ccc(F)cc1Cl. The van der Waals surface area contributed by atoms with Crippen LogP contribution in [0.5, 0.6) is 0 Å². The van der Waals surface area contributed by atoms with Crippen molar-refractivity contribution in [2.45, 2.75) is 19.5 Å². The van der Waals surface area contributed by atoms with E-state index in [1.165, 1.54) is 12.1 Å². The van der Waals surface area contributed by atoms with Crippen molar-refractivity contribution in [1.29, 1.82) is 0 Å². The van der Waals surface area contributed by atoms with Gasteiger partial charge in [0, 0.05) is 23.8 Å². The van der Waals surface area contributed by atoms with Gasteiger partial charge in [-0.25, -0.2) is 4.39 Å². The Morgan fingerprint density at radius 2 is 2.11 bits per heavy atom. The Bertz CT molecular complexity index is 545. The molecule has 0 aliphatic heterocycles. The molecule has 0 fully saturated rings. The third-order valence-electron chi connectivity index (χ3n) is 3.21. The molecule has 0 N–H and O–H groups in total. The maximum atomic E-state index is 13.0. The summed E-state index contributed by atoms with van der Waals surface area (Å²) in [6, 6.07) is 10.5. The molecule has 1 aromatic heterocycles. The number of hydrogen-bond acceptors (Lipinski definition) is 2. The number of aromatic nitrogens is 1. The van der Waals surface area contributed by atoms with Crippen LogP contribution in [0.25, 0.3) is 0 Å². The fraction of sp³-hybridized carbons (Fsp3) is 0.267. The van der Waals surface area contributed by atoms with Gasteiger partial charge in [-0.1, -0.05) is 23.7 Å². The lowest BCUT2D eigenvalue weighted by Crippen LogP contribution is -2.22. The molecule has 2 rings (SSSR count). The van der Waals surface area contributed by atoms with E-state index in [-0.39, 0.29) is 11.9 Å². The summed E-state index contributed by atoms with van der Waals surface area (Å²) in [5.41, 5.74) is 1.91. The van der Waals surface area contributed by atoms with Crippen LogP contribution in [0.4, 0.5) is 4.39 Å². The van der Waals surface area contributed by atoms with Crippen molar-refractivity contribution in [3.63, 3.8) is 0 Å². The first-order chi connectivity index (χ1) is 9.08. The van der Waals surface area contributed by atoms with Gasteiger partial charge in [-0.2, -0.15) is 0 Å². The number of halogens is 2. The number of rotatable bonds is 4. The van der Waals surface area contributed by atoms with Crippen molar-refractivity contribution in [2.75, 3.05) is 7.05 Å². The maximum Gasteiger partial charge on any atom is 0.124 e. The van der Waals surface area contributed by atoms with E-state index in [4.69, 9.17) is 11.6 Å². The van der Waals surface area contributed by atoms with Crippen LogP contribution in [0.2, 0.25) is 5.02 Å². The number of benzene rings is 1. The van der Waals surface area contributed by atoms with Gasteiger partial charge in [0.15, 0.2) is 0 Å². The summed E-state index contributed by atoms with van der Waals surface area (Å²) in [4.78, 5) is 6.47. The zero-order chi connectivity index (χ0) is 13.8. The van der Waals surface area contributed by atoms with Crippen LogP contribution in [0, 0.1) is 5.82 Å². The molecule has 1 heterocycles. The Balaban J connectivity index is 2.10. The summed E-state index contributed by atoms with van der Waals surface area (Å²) < 4.78 is 13.0. The van der Waals surface area contributed by atoms with E-state index in [1.807, 2.05) is 25.2 Å². The predicted molar refractivity (Wildman–Crippen MR) is 75.5 cm³/mol. The standard InChI is InChI=1S/C15H16ClFN2/c1-11(15-5-3-4-8-18-15)19(2)10-12-6-7-13(17)9-14(12)16/h3-9,11H,10H2,1-2H3/t11-/m0/s1. The maximum absolute atomic E-state index is 13.0. The Hall–Kier alpha value is -1.45. The smallest absolute Gasteiger partial charge is 0.124 e. The Morgan fingerprint density at radius 1 is 1.32 bits per heavy atom. The summed E-state index contributed by atoms with van der Waals surface area (Å²) in [5, 5.41) is 0.458. The molecule has 0 amide bonds. The van der Waals surface area contributed by atoms with Gasteiger partial charge in [0.1, 0.15) is 5.82 Å².